The minimum atomic E-state index is -0.564. The Morgan fingerprint density at radius 3 is 2.78 bits per heavy atom. The third-order valence-electron chi connectivity index (χ3n) is 3.44. The van der Waals surface area contributed by atoms with Gasteiger partial charge in [0.05, 0.1) is 6.20 Å². The van der Waals surface area contributed by atoms with Crippen LogP contribution in [0.2, 0.25) is 0 Å². The quantitative estimate of drug-likeness (QED) is 0.676. The third-order valence-corrected chi connectivity index (χ3v) is 3.44. The first-order valence-corrected chi connectivity index (χ1v) is 7.33. The van der Waals surface area contributed by atoms with Crippen LogP contribution in [0.25, 0.3) is 0 Å². The molecule has 0 saturated heterocycles. The molecule has 2 rings (SSSR count). The van der Waals surface area contributed by atoms with Gasteiger partial charge in [-0.2, -0.15) is 5.10 Å². The van der Waals surface area contributed by atoms with Crippen LogP contribution in [-0.4, -0.2) is 41.3 Å². The van der Waals surface area contributed by atoms with Crippen molar-refractivity contribution >= 4 is 5.96 Å². The smallest absolute Gasteiger partial charge is 0.193 e. The molecular formula is C16H21F2N5. The maximum absolute atomic E-state index is 13.6. The van der Waals surface area contributed by atoms with Crippen LogP contribution in [-0.2, 0) is 20.0 Å². The van der Waals surface area contributed by atoms with Crippen LogP contribution < -0.4 is 5.32 Å². The lowest BCUT2D eigenvalue weighted by Gasteiger charge is -2.21. The van der Waals surface area contributed by atoms with E-state index in [4.69, 9.17) is 0 Å². The first-order valence-electron chi connectivity index (χ1n) is 7.33. The number of benzene rings is 1. The Hall–Kier alpha value is -2.44. The highest BCUT2D eigenvalue weighted by molar-refractivity contribution is 5.79. The summed E-state index contributed by atoms with van der Waals surface area (Å²) in [5.41, 5.74) is 1.55. The molecule has 0 saturated carbocycles. The monoisotopic (exact) mass is 321 g/mol. The number of nitrogens with one attached hydrogen (secondary N) is 1. The van der Waals surface area contributed by atoms with Crippen molar-refractivity contribution in [1.82, 2.24) is 20.0 Å². The molecule has 1 aromatic carbocycles. The second-order valence-electron chi connectivity index (χ2n) is 5.34. The summed E-state index contributed by atoms with van der Waals surface area (Å²) in [7, 11) is 5.48. The van der Waals surface area contributed by atoms with Gasteiger partial charge in [0.1, 0.15) is 11.6 Å². The Labute approximate surface area is 134 Å². The van der Waals surface area contributed by atoms with Gasteiger partial charge >= 0.3 is 0 Å². The summed E-state index contributed by atoms with van der Waals surface area (Å²) in [5.74, 6) is -0.381. The van der Waals surface area contributed by atoms with Crippen LogP contribution in [0.5, 0.6) is 0 Å². The zero-order chi connectivity index (χ0) is 16.8. The van der Waals surface area contributed by atoms with Gasteiger partial charge in [-0.3, -0.25) is 9.67 Å². The summed E-state index contributed by atoms with van der Waals surface area (Å²) in [4.78, 5) is 6.17. The van der Waals surface area contributed by atoms with Crippen molar-refractivity contribution < 1.29 is 8.78 Å². The van der Waals surface area contributed by atoms with E-state index >= 15 is 0 Å². The van der Waals surface area contributed by atoms with Crippen molar-refractivity contribution in [2.24, 2.45) is 12.0 Å². The molecule has 23 heavy (non-hydrogen) atoms. The second kappa shape index (κ2) is 7.71. The van der Waals surface area contributed by atoms with Crippen molar-refractivity contribution in [3.63, 3.8) is 0 Å². The number of nitrogens with zero attached hydrogens (tertiary/aromatic N) is 4. The fourth-order valence-electron chi connectivity index (χ4n) is 2.32. The molecule has 0 unspecified atom stereocenters. The van der Waals surface area contributed by atoms with Gasteiger partial charge in [-0.1, -0.05) is 6.07 Å². The van der Waals surface area contributed by atoms with Crippen LogP contribution in [0.15, 0.2) is 35.6 Å². The molecule has 5 nitrogen and oxygen atoms in total. The molecule has 1 aromatic heterocycles. The fourth-order valence-corrected chi connectivity index (χ4v) is 2.32. The predicted octanol–water partition coefficient (Wildman–Crippen LogP) is 1.95. The minimum absolute atomic E-state index is 0.450. The summed E-state index contributed by atoms with van der Waals surface area (Å²) in [6, 6.07) is 3.63. The van der Waals surface area contributed by atoms with E-state index in [1.165, 1.54) is 12.1 Å². The van der Waals surface area contributed by atoms with E-state index < -0.39 is 11.6 Å². The van der Waals surface area contributed by atoms with Gasteiger partial charge < -0.3 is 10.2 Å². The molecule has 0 aliphatic carbocycles. The van der Waals surface area contributed by atoms with Gasteiger partial charge in [-0.15, -0.1) is 0 Å². The molecule has 0 fully saturated rings. The van der Waals surface area contributed by atoms with E-state index in [1.807, 2.05) is 25.2 Å². The van der Waals surface area contributed by atoms with E-state index in [0.29, 0.717) is 31.0 Å². The Morgan fingerprint density at radius 1 is 1.39 bits per heavy atom. The summed E-state index contributed by atoms with van der Waals surface area (Å²) in [6.45, 7) is 1.17. The van der Waals surface area contributed by atoms with Gasteiger partial charge in [0, 0.05) is 52.1 Å². The molecule has 7 heteroatoms. The predicted molar refractivity (Wildman–Crippen MR) is 86.1 cm³/mol. The van der Waals surface area contributed by atoms with Crippen molar-refractivity contribution in [2.75, 3.05) is 20.6 Å². The van der Waals surface area contributed by atoms with Crippen molar-refractivity contribution in [2.45, 2.75) is 13.0 Å². The van der Waals surface area contributed by atoms with Gasteiger partial charge in [0.15, 0.2) is 5.96 Å². The van der Waals surface area contributed by atoms with E-state index in [9.17, 15) is 8.78 Å². The lowest BCUT2D eigenvalue weighted by atomic mass is 10.1. The van der Waals surface area contributed by atoms with Gasteiger partial charge in [-0.25, -0.2) is 8.78 Å². The van der Waals surface area contributed by atoms with Crippen molar-refractivity contribution in [3.8, 4) is 0 Å². The molecule has 2 aromatic rings. The second-order valence-corrected chi connectivity index (χ2v) is 5.34. The maximum Gasteiger partial charge on any atom is 0.193 e. The minimum Gasteiger partial charge on any atom is -0.356 e. The van der Waals surface area contributed by atoms with Crippen molar-refractivity contribution in [3.05, 3.63) is 53.4 Å². The molecule has 0 atom stereocenters. The molecule has 0 spiro atoms. The van der Waals surface area contributed by atoms with Crippen LogP contribution in [0.4, 0.5) is 8.78 Å². The standard InChI is InChI=1S/C16H21F2N5/c1-19-16(22(2)10-12-9-21-23(3)11-12)20-7-6-13-4-5-14(17)8-15(13)18/h4-5,8-9,11H,6-7,10H2,1-3H3,(H,19,20). The lowest BCUT2D eigenvalue weighted by molar-refractivity contribution is 0.476. The molecular weight excluding hydrogens is 300 g/mol. The van der Waals surface area contributed by atoms with Crippen LogP contribution >= 0.6 is 0 Å². The highest BCUT2D eigenvalue weighted by Gasteiger charge is 2.09. The summed E-state index contributed by atoms with van der Waals surface area (Å²) >= 11 is 0. The van der Waals surface area contributed by atoms with Crippen LogP contribution in [0, 0.1) is 11.6 Å². The molecule has 124 valence electrons. The highest BCUT2D eigenvalue weighted by Crippen LogP contribution is 2.09. The first kappa shape index (κ1) is 16.9. The Bertz CT molecular complexity index is 681. The zero-order valence-corrected chi connectivity index (χ0v) is 13.6. The maximum atomic E-state index is 13.6. The average molecular weight is 321 g/mol. The van der Waals surface area contributed by atoms with Gasteiger partial charge in [0.25, 0.3) is 0 Å². The number of guanidine groups is 1. The normalized spacial score (nSPS) is 11.6. The van der Waals surface area contributed by atoms with Crippen LogP contribution in [0.1, 0.15) is 11.1 Å². The molecule has 0 bridgehead atoms. The summed E-state index contributed by atoms with van der Waals surface area (Å²) in [5, 5.41) is 7.31. The van der Waals surface area contributed by atoms with E-state index in [-0.39, 0.29) is 0 Å². The average Bonchev–Trinajstić information content (AvgIpc) is 2.90. The van der Waals surface area contributed by atoms with Gasteiger partial charge in [0.2, 0.25) is 0 Å². The number of aromatic nitrogens is 2. The van der Waals surface area contributed by atoms with Gasteiger partial charge in [-0.05, 0) is 18.1 Å². The Balaban J connectivity index is 1.87. The highest BCUT2D eigenvalue weighted by atomic mass is 19.1. The molecule has 0 radical (unpaired) electrons. The SMILES string of the molecule is CN=C(NCCc1ccc(F)cc1F)N(C)Cc1cnn(C)c1. The lowest BCUT2D eigenvalue weighted by Crippen LogP contribution is -2.39. The zero-order valence-electron chi connectivity index (χ0n) is 13.6. The number of aliphatic imine (C=N–C) groups is 1. The topological polar surface area (TPSA) is 45.5 Å². The fraction of sp³-hybridized carbons (Fsp3) is 0.375. The molecule has 0 aliphatic rings. The van der Waals surface area contributed by atoms with Crippen LogP contribution in [0.3, 0.4) is 0 Å². The molecule has 1 N–H and O–H groups in total. The molecule has 0 aliphatic heterocycles. The third kappa shape index (κ3) is 4.77. The summed E-state index contributed by atoms with van der Waals surface area (Å²) in [6.07, 6.45) is 4.20. The summed E-state index contributed by atoms with van der Waals surface area (Å²) < 4.78 is 28.2. The Morgan fingerprint density at radius 2 is 2.17 bits per heavy atom. The number of hydrogen-bond donors (Lipinski definition) is 1. The first-order chi connectivity index (χ1) is 11.0. The van der Waals surface area contributed by atoms with Crippen molar-refractivity contribution in [1.29, 1.82) is 0 Å². The van der Waals surface area contributed by atoms with E-state index in [2.05, 4.69) is 15.4 Å². The van der Waals surface area contributed by atoms with E-state index in [1.54, 1.807) is 17.9 Å². The molecule has 0 amide bonds. The number of aryl methyl sites for hydroxylation is 1. The number of hydrogen-bond acceptors (Lipinski definition) is 2. The Kier molecular flexibility index (Phi) is 5.67. The number of halogens is 2. The number of rotatable bonds is 5. The molecule has 1 heterocycles. The largest absolute Gasteiger partial charge is 0.356 e. The van der Waals surface area contributed by atoms with E-state index in [0.717, 1.165) is 11.6 Å².